The summed E-state index contributed by atoms with van der Waals surface area (Å²) >= 11 is 0. The number of nitrogens with zero attached hydrogens (tertiary/aromatic N) is 3. The molecule has 1 aromatic carbocycles. The predicted octanol–water partition coefficient (Wildman–Crippen LogP) is -0.132. The van der Waals surface area contributed by atoms with E-state index in [4.69, 9.17) is 4.84 Å². The standard InChI is InChI=1S/C11H9N3O6S/c1-13-11(15)9-10(21(13,18)19)8(12-20-9)6-2-4-7(5-3-6)14(16)17/h2-5,9-10H,1H3/t9-,10+/m0/s1. The Bertz CT molecular complexity index is 770. The van der Waals surface area contributed by atoms with Crippen molar-refractivity contribution in [3.05, 3.63) is 39.9 Å². The number of oxime groups is 1. The van der Waals surface area contributed by atoms with Crippen molar-refractivity contribution in [2.24, 2.45) is 5.16 Å². The summed E-state index contributed by atoms with van der Waals surface area (Å²) in [5, 5.41) is 13.1. The Morgan fingerprint density at radius 3 is 2.52 bits per heavy atom. The van der Waals surface area contributed by atoms with Gasteiger partial charge in [-0.25, -0.2) is 12.7 Å². The average molecular weight is 311 g/mol. The van der Waals surface area contributed by atoms with Crippen LogP contribution in [0.3, 0.4) is 0 Å². The first kappa shape index (κ1) is 13.5. The van der Waals surface area contributed by atoms with Crippen molar-refractivity contribution in [3.63, 3.8) is 0 Å². The van der Waals surface area contributed by atoms with Crippen LogP contribution in [0.2, 0.25) is 0 Å². The van der Waals surface area contributed by atoms with Crippen molar-refractivity contribution in [1.82, 2.24) is 4.31 Å². The van der Waals surface area contributed by atoms with E-state index in [1.807, 2.05) is 0 Å². The molecule has 10 heteroatoms. The number of amides is 1. The fraction of sp³-hybridized carbons (Fsp3) is 0.273. The molecule has 1 saturated heterocycles. The van der Waals surface area contributed by atoms with E-state index in [2.05, 4.69) is 5.16 Å². The molecule has 110 valence electrons. The van der Waals surface area contributed by atoms with Gasteiger partial charge in [0, 0.05) is 24.7 Å². The molecule has 0 spiro atoms. The number of fused-ring (bicyclic) bond motifs is 1. The van der Waals surface area contributed by atoms with E-state index >= 15 is 0 Å². The maximum Gasteiger partial charge on any atom is 0.281 e. The molecule has 0 bridgehead atoms. The number of likely N-dealkylation sites (N-methyl/N-ethyl adjacent to an activating group) is 1. The zero-order valence-corrected chi connectivity index (χ0v) is 11.5. The lowest BCUT2D eigenvalue weighted by atomic mass is 10.0. The van der Waals surface area contributed by atoms with E-state index < -0.39 is 32.2 Å². The minimum atomic E-state index is -3.88. The monoisotopic (exact) mass is 311 g/mol. The smallest absolute Gasteiger partial charge is 0.281 e. The maximum absolute atomic E-state index is 12.2. The molecule has 0 N–H and O–H groups in total. The second-order valence-corrected chi connectivity index (χ2v) is 6.66. The van der Waals surface area contributed by atoms with Gasteiger partial charge in [0.1, 0.15) is 5.71 Å². The van der Waals surface area contributed by atoms with E-state index in [0.29, 0.717) is 9.87 Å². The van der Waals surface area contributed by atoms with Crippen molar-refractivity contribution in [1.29, 1.82) is 0 Å². The number of non-ortho nitro benzene ring substituents is 1. The Hall–Kier alpha value is -2.49. The quantitative estimate of drug-likeness (QED) is 0.554. The van der Waals surface area contributed by atoms with Crippen LogP contribution in [-0.2, 0) is 19.7 Å². The van der Waals surface area contributed by atoms with Gasteiger partial charge >= 0.3 is 0 Å². The molecule has 9 nitrogen and oxygen atoms in total. The molecule has 1 fully saturated rings. The minimum absolute atomic E-state index is 0.0765. The van der Waals surface area contributed by atoms with Gasteiger partial charge in [-0.05, 0) is 12.1 Å². The lowest BCUT2D eigenvalue weighted by Gasteiger charge is -2.10. The molecule has 2 atom stereocenters. The van der Waals surface area contributed by atoms with Gasteiger partial charge in [0.2, 0.25) is 16.1 Å². The summed E-state index contributed by atoms with van der Waals surface area (Å²) in [6, 6.07) is 5.22. The number of carbonyl (C=O) groups is 1. The first-order valence-corrected chi connectivity index (χ1v) is 7.34. The van der Waals surface area contributed by atoms with Crippen LogP contribution >= 0.6 is 0 Å². The third kappa shape index (κ3) is 1.79. The zero-order chi connectivity index (χ0) is 15.4. The van der Waals surface area contributed by atoms with Gasteiger partial charge in [-0.3, -0.25) is 14.9 Å². The van der Waals surface area contributed by atoms with Crippen LogP contribution in [0.4, 0.5) is 5.69 Å². The summed E-state index contributed by atoms with van der Waals surface area (Å²) in [5.41, 5.74) is 0.310. The van der Waals surface area contributed by atoms with Crippen molar-refractivity contribution < 1.29 is 23.0 Å². The number of nitro benzene ring substituents is 1. The van der Waals surface area contributed by atoms with E-state index in [1.54, 1.807) is 0 Å². The van der Waals surface area contributed by atoms with Crippen LogP contribution in [0.1, 0.15) is 5.56 Å². The molecular formula is C11H9N3O6S. The Morgan fingerprint density at radius 1 is 1.33 bits per heavy atom. The largest absolute Gasteiger partial charge is 0.380 e. The highest BCUT2D eigenvalue weighted by molar-refractivity contribution is 7.91. The third-order valence-electron chi connectivity index (χ3n) is 3.44. The first-order chi connectivity index (χ1) is 9.84. The fourth-order valence-corrected chi connectivity index (χ4v) is 3.92. The van der Waals surface area contributed by atoms with Crippen molar-refractivity contribution in [3.8, 4) is 0 Å². The molecule has 3 rings (SSSR count). The summed E-state index contributed by atoms with van der Waals surface area (Å²) in [4.78, 5) is 26.7. The molecule has 2 heterocycles. The third-order valence-corrected chi connectivity index (χ3v) is 5.49. The molecule has 0 aromatic heterocycles. The van der Waals surface area contributed by atoms with Crippen LogP contribution < -0.4 is 0 Å². The highest BCUT2D eigenvalue weighted by atomic mass is 32.2. The Labute approximate surface area is 119 Å². The van der Waals surface area contributed by atoms with Crippen LogP contribution in [0.25, 0.3) is 0 Å². The van der Waals surface area contributed by atoms with Gasteiger partial charge in [-0.1, -0.05) is 5.16 Å². The normalized spacial score (nSPS) is 26.2. The summed E-state index contributed by atoms with van der Waals surface area (Å²) in [5.74, 6) is -0.680. The topological polar surface area (TPSA) is 119 Å². The minimum Gasteiger partial charge on any atom is -0.380 e. The summed E-state index contributed by atoms with van der Waals surface area (Å²) < 4.78 is 25.0. The molecular weight excluding hydrogens is 302 g/mol. The molecule has 0 unspecified atom stereocenters. The number of hydrogen-bond donors (Lipinski definition) is 0. The van der Waals surface area contributed by atoms with Crippen LogP contribution in [-0.4, -0.2) is 47.7 Å². The predicted molar refractivity (Wildman–Crippen MR) is 70.0 cm³/mol. The lowest BCUT2D eigenvalue weighted by molar-refractivity contribution is -0.384. The van der Waals surface area contributed by atoms with Crippen LogP contribution in [0.5, 0.6) is 0 Å². The molecule has 2 aliphatic heterocycles. The Kier molecular flexibility index (Phi) is 2.73. The zero-order valence-electron chi connectivity index (χ0n) is 10.7. The molecule has 2 aliphatic rings. The highest BCUT2D eigenvalue weighted by Gasteiger charge is 2.58. The van der Waals surface area contributed by atoms with Crippen molar-refractivity contribution >= 4 is 27.3 Å². The van der Waals surface area contributed by atoms with Gasteiger partial charge in [0.25, 0.3) is 11.6 Å². The number of carbonyl (C=O) groups excluding carboxylic acids is 1. The number of rotatable bonds is 2. The van der Waals surface area contributed by atoms with Gasteiger partial charge in [0.05, 0.1) is 4.92 Å². The summed E-state index contributed by atoms with van der Waals surface area (Å²) in [7, 11) is -2.72. The molecule has 0 aliphatic carbocycles. The summed E-state index contributed by atoms with van der Waals surface area (Å²) in [6.45, 7) is 0. The Morgan fingerprint density at radius 2 is 1.95 bits per heavy atom. The van der Waals surface area contributed by atoms with Gasteiger partial charge in [-0.2, -0.15) is 0 Å². The lowest BCUT2D eigenvalue weighted by Crippen LogP contribution is -2.33. The van der Waals surface area contributed by atoms with Crippen LogP contribution in [0.15, 0.2) is 29.4 Å². The second kappa shape index (κ2) is 4.25. The Balaban J connectivity index is 2.01. The molecule has 0 radical (unpaired) electrons. The number of sulfonamides is 1. The van der Waals surface area contributed by atoms with Crippen LogP contribution in [0, 0.1) is 10.1 Å². The molecule has 1 aromatic rings. The number of benzene rings is 1. The van der Waals surface area contributed by atoms with Gasteiger partial charge < -0.3 is 4.84 Å². The number of hydrogen-bond acceptors (Lipinski definition) is 7. The van der Waals surface area contributed by atoms with Crippen molar-refractivity contribution in [2.45, 2.75) is 11.4 Å². The van der Waals surface area contributed by atoms with E-state index in [-0.39, 0.29) is 11.4 Å². The highest BCUT2D eigenvalue weighted by Crippen LogP contribution is 2.32. The molecule has 21 heavy (non-hydrogen) atoms. The molecule has 0 saturated carbocycles. The SMILES string of the molecule is CN1C(=O)[C@H]2ON=C(c3ccc([N+](=O)[O-])cc3)[C@H]2S1(=O)=O. The number of nitro groups is 1. The summed E-state index contributed by atoms with van der Waals surface area (Å²) in [6.07, 6.45) is -1.19. The van der Waals surface area contributed by atoms with E-state index in [1.165, 1.54) is 24.3 Å². The van der Waals surface area contributed by atoms with E-state index in [9.17, 15) is 23.3 Å². The molecule has 1 amide bonds. The average Bonchev–Trinajstić information content (AvgIpc) is 2.96. The first-order valence-electron chi connectivity index (χ1n) is 5.84. The van der Waals surface area contributed by atoms with Gasteiger partial charge in [0.15, 0.2) is 5.25 Å². The maximum atomic E-state index is 12.2. The van der Waals surface area contributed by atoms with Gasteiger partial charge in [-0.15, -0.1) is 0 Å². The van der Waals surface area contributed by atoms with Crippen molar-refractivity contribution in [2.75, 3.05) is 7.05 Å². The fourth-order valence-electron chi connectivity index (χ4n) is 2.28. The van der Waals surface area contributed by atoms with E-state index in [0.717, 1.165) is 7.05 Å². The second-order valence-electron chi connectivity index (χ2n) is 4.58.